The van der Waals surface area contributed by atoms with E-state index < -0.39 is 6.36 Å². The summed E-state index contributed by atoms with van der Waals surface area (Å²) < 4.78 is 45.0. The lowest BCUT2D eigenvalue weighted by Crippen LogP contribution is -2.16. The lowest BCUT2D eigenvalue weighted by atomic mass is 10.2. The fourth-order valence-corrected chi connectivity index (χ4v) is 1.97. The molecule has 1 heterocycles. The molecule has 0 aliphatic heterocycles. The van der Waals surface area contributed by atoms with Gasteiger partial charge in [0.1, 0.15) is 5.75 Å². The van der Waals surface area contributed by atoms with Crippen LogP contribution in [0.5, 0.6) is 5.75 Å². The Balaban J connectivity index is 2.12. The molecule has 0 spiro atoms. The van der Waals surface area contributed by atoms with Crippen molar-refractivity contribution in [2.75, 3.05) is 0 Å². The van der Waals surface area contributed by atoms with Gasteiger partial charge in [0.15, 0.2) is 5.82 Å². The average Bonchev–Trinajstić information content (AvgIpc) is 2.87. The second kappa shape index (κ2) is 6.34. The highest BCUT2D eigenvalue weighted by atomic mass is 35.5. The third-order valence-electron chi connectivity index (χ3n) is 2.60. The van der Waals surface area contributed by atoms with Crippen LogP contribution in [0.4, 0.5) is 13.2 Å². The Labute approximate surface area is 123 Å². The van der Waals surface area contributed by atoms with Gasteiger partial charge in [-0.25, -0.2) is 0 Å². The zero-order valence-electron chi connectivity index (χ0n) is 11.0. The summed E-state index contributed by atoms with van der Waals surface area (Å²) in [6, 6.07) is 5.16. The second-order valence-corrected chi connectivity index (χ2v) is 4.81. The Kier molecular flexibility index (Phi) is 4.72. The number of rotatable bonds is 5. The lowest BCUT2D eigenvalue weighted by Gasteiger charge is -2.08. The largest absolute Gasteiger partial charge is 0.573 e. The highest BCUT2D eigenvalue weighted by molar-refractivity contribution is 6.20. The topological polar surface area (TPSA) is 48.2 Å². The summed E-state index contributed by atoms with van der Waals surface area (Å²) in [5.74, 6) is 0.252. The lowest BCUT2D eigenvalue weighted by molar-refractivity contribution is -0.274. The maximum absolute atomic E-state index is 12.1. The van der Waals surface area contributed by atoms with Crippen molar-refractivity contribution >= 4 is 11.6 Å². The molecule has 0 aliphatic carbocycles. The van der Waals surface area contributed by atoms with E-state index in [-0.39, 0.29) is 17.0 Å². The first-order valence-corrected chi connectivity index (χ1v) is 6.66. The van der Waals surface area contributed by atoms with Crippen LogP contribution in [-0.2, 0) is 0 Å². The van der Waals surface area contributed by atoms with E-state index >= 15 is 0 Å². The van der Waals surface area contributed by atoms with Crippen LogP contribution in [-0.4, -0.2) is 16.5 Å². The summed E-state index contributed by atoms with van der Waals surface area (Å²) in [6.45, 7) is 1.98. The predicted octanol–water partition coefficient (Wildman–Crippen LogP) is 4.72. The van der Waals surface area contributed by atoms with Crippen molar-refractivity contribution in [1.29, 1.82) is 0 Å². The van der Waals surface area contributed by atoms with Crippen LogP contribution in [0.15, 0.2) is 28.8 Å². The van der Waals surface area contributed by atoms with Gasteiger partial charge in [-0.1, -0.05) is 18.5 Å². The van der Waals surface area contributed by atoms with E-state index in [9.17, 15) is 13.2 Å². The highest BCUT2D eigenvalue weighted by Gasteiger charge is 2.31. The Hall–Kier alpha value is -1.76. The molecule has 0 amide bonds. The standard InChI is InChI=1S/C13H12ClF3N2O2/c1-2-3-10(14)11-18-12(21-19-11)8-4-6-9(7-5-8)20-13(15,16)17/h4-7,10H,2-3H2,1H3. The van der Waals surface area contributed by atoms with E-state index in [1.165, 1.54) is 24.3 Å². The first-order chi connectivity index (χ1) is 9.89. The van der Waals surface area contributed by atoms with Gasteiger partial charge in [-0.15, -0.1) is 24.8 Å². The number of hydrogen-bond acceptors (Lipinski definition) is 4. The number of alkyl halides is 4. The van der Waals surface area contributed by atoms with E-state index in [0.29, 0.717) is 17.8 Å². The van der Waals surface area contributed by atoms with E-state index in [1.54, 1.807) is 0 Å². The van der Waals surface area contributed by atoms with Crippen molar-refractivity contribution < 1.29 is 22.4 Å². The molecule has 21 heavy (non-hydrogen) atoms. The van der Waals surface area contributed by atoms with Crippen molar-refractivity contribution in [2.45, 2.75) is 31.5 Å². The number of aromatic nitrogens is 2. The van der Waals surface area contributed by atoms with Crippen LogP contribution >= 0.6 is 11.6 Å². The highest BCUT2D eigenvalue weighted by Crippen LogP contribution is 2.28. The number of hydrogen-bond donors (Lipinski definition) is 0. The Morgan fingerprint density at radius 2 is 1.95 bits per heavy atom. The van der Waals surface area contributed by atoms with Crippen molar-refractivity contribution in [3.63, 3.8) is 0 Å². The molecule has 1 aromatic heterocycles. The SMILES string of the molecule is CCCC(Cl)c1noc(-c2ccc(OC(F)(F)F)cc2)n1. The minimum atomic E-state index is -4.72. The molecule has 1 unspecified atom stereocenters. The average molecular weight is 321 g/mol. The third-order valence-corrected chi connectivity index (χ3v) is 3.01. The minimum absolute atomic E-state index is 0.199. The van der Waals surface area contributed by atoms with Gasteiger partial charge in [-0.3, -0.25) is 0 Å². The molecule has 0 saturated carbocycles. The normalized spacial score (nSPS) is 13.2. The zero-order valence-corrected chi connectivity index (χ0v) is 11.8. The van der Waals surface area contributed by atoms with Crippen LogP contribution in [0, 0.1) is 0 Å². The summed E-state index contributed by atoms with van der Waals surface area (Å²) in [7, 11) is 0. The van der Waals surface area contributed by atoms with Crippen LogP contribution < -0.4 is 4.74 Å². The molecule has 8 heteroatoms. The first kappa shape index (κ1) is 15.6. The number of ether oxygens (including phenoxy) is 1. The Morgan fingerprint density at radius 1 is 1.29 bits per heavy atom. The van der Waals surface area contributed by atoms with Crippen molar-refractivity contribution in [3.8, 4) is 17.2 Å². The fraction of sp³-hybridized carbons (Fsp3) is 0.385. The summed E-state index contributed by atoms with van der Waals surface area (Å²) in [4.78, 5) is 4.13. The number of benzene rings is 1. The molecule has 0 N–H and O–H groups in total. The van der Waals surface area contributed by atoms with Crippen LogP contribution in [0.1, 0.15) is 31.0 Å². The van der Waals surface area contributed by atoms with Gasteiger partial charge < -0.3 is 9.26 Å². The molecule has 1 atom stereocenters. The van der Waals surface area contributed by atoms with Gasteiger partial charge in [-0.2, -0.15) is 4.98 Å². The van der Waals surface area contributed by atoms with Gasteiger partial charge in [0.2, 0.25) is 0 Å². The Bertz CT molecular complexity index is 584. The predicted molar refractivity (Wildman–Crippen MR) is 69.9 cm³/mol. The minimum Gasteiger partial charge on any atom is -0.406 e. The molecular weight excluding hydrogens is 309 g/mol. The van der Waals surface area contributed by atoms with Crippen LogP contribution in [0.3, 0.4) is 0 Å². The Morgan fingerprint density at radius 3 is 2.52 bits per heavy atom. The maximum atomic E-state index is 12.1. The molecule has 0 fully saturated rings. The van der Waals surface area contributed by atoms with Crippen LogP contribution in [0.25, 0.3) is 11.5 Å². The monoisotopic (exact) mass is 320 g/mol. The van der Waals surface area contributed by atoms with Crippen molar-refractivity contribution in [3.05, 3.63) is 30.1 Å². The molecule has 0 aliphatic rings. The zero-order chi connectivity index (χ0) is 15.5. The summed E-state index contributed by atoms with van der Waals surface area (Å²) in [6.07, 6.45) is -3.13. The molecule has 2 rings (SSSR count). The van der Waals surface area contributed by atoms with Gasteiger partial charge in [-0.05, 0) is 30.7 Å². The van der Waals surface area contributed by atoms with Crippen molar-refractivity contribution in [2.24, 2.45) is 0 Å². The number of halogens is 4. The summed E-state index contributed by atoms with van der Waals surface area (Å²) in [5.41, 5.74) is 0.489. The van der Waals surface area contributed by atoms with E-state index in [1.807, 2.05) is 6.92 Å². The molecule has 2 aromatic rings. The van der Waals surface area contributed by atoms with E-state index in [0.717, 1.165) is 6.42 Å². The molecular formula is C13H12ClF3N2O2. The van der Waals surface area contributed by atoms with Gasteiger partial charge >= 0.3 is 6.36 Å². The molecule has 0 radical (unpaired) electrons. The third kappa shape index (κ3) is 4.35. The molecule has 0 saturated heterocycles. The molecule has 0 bridgehead atoms. The van der Waals surface area contributed by atoms with Gasteiger partial charge in [0, 0.05) is 5.56 Å². The fourth-order valence-electron chi connectivity index (χ4n) is 1.66. The molecule has 114 valence electrons. The van der Waals surface area contributed by atoms with Gasteiger partial charge in [0.25, 0.3) is 5.89 Å². The molecule has 1 aromatic carbocycles. The van der Waals surface area contributed by atoms with E-state index in [4.69, 9.17) is 16.1 Å². The summed E-state index contributed by atoms with van der Waals surface area (Å²) >= 11 is 6.07. The number of nitrogens with zero attached hydrogens (tertiary/aromatic N) is 2. The smallest absolute Gasteiger partial charge is 0.406 e. The second-order valence-electron chi connectivity index (χ2n) is 4.29. The maximum Gasteiger partial charge on any atom is 0.573 e. The van der Waals surface area contributed by atoms with E-state index in [2.05, 4.69) is 14.9 Å². The first-order valence-electron chi connectivity index (χ1n) is 6.23. The van der Waals surface area contributed by atoms with Gasteiger partial charge in [0.05, 0.1) is 5.38 Å². The van der Waals surface area contributed by atoms with Crippen molar-refractivity contribution in [1.82, 2.24) is 10.1 Å². The summed E-state index contributed by atoms with van der Waals surface area (Å²) in [5, 5.41) is 3.42. The molecule has 4 nitrogen and oxygen atoms in total. The quantitative estimate of drug-likeness (QED) is 0.748. The van der Waals surface area contributed by atoms with Crippen LogP contribution in [0.2, 0.25) is 0 Å².